The number of nitrogens with zero attached hydrogens (tertiary/aromatic N) is 1. The summed E-state index contributed by atoms with van der Waals surface area (Å²) in [4.78, 5) is 12.4. The SMILES string of the molecule is C#Cc1cc(-n2c(C(N)=O)cc3ccc(S(=O)(=O)NC)cc32)cc(C(C)(C)c2ccc(F)cc2)c1. The molecule has 0 aliphatic rings. The average Bonchev–Trinajstić information content (AvgIpc) is 3.23. The molecule has 1 heterocycles. The Labute approximate surface area is 203 Å². The van der Waals surface area contributed by atoms with E-state index in [2.05, 4.69) is 10.6 Å². The van der Waals surface area contributed by atoms with Crippen molar-refractivity contribution < 1.29 is 17.6 Å². The number of nitrogens with one attached hydrogen (secondary N) is 1. The minimum Gasteiger partial charge on any atom is -0.364 e. The number of carbonyl (C=O) groups excluding carboxylic acids is 1. The molecule has 4 aromatic rings. The van der Waals surface area contributed by atoms with Crippen LogP contribution >= 0.6 is 0 Å². The fourth-order valence-corrected chi connectivity index (χ4v) is 4.89. The number of hydrogen-bond acceptors (Lipinski definition) is 3. The van der Waals surface area contributed by atoms with Crippen LogP contribution in [0.2, 0.25) is 0 Å². The van der Waals surface area contributed by atoms with Crippen molar-refractivity contribution in [1.82, 2.24) is 9.29 Å². The van der Waals surface area contributed by atoms with Crippen LogP contribution in [0.25, 0.3) is 16.6 Å². The average molecular weight is 490 g/mol. The van der Waals surface area contributed by atoms with Gasteiger partial charge in [0.15, 0.2) is 0 Å². The second kappa shape index (κ2) is 8.69. The summed E-state index contributed by atoms with van der Waals surface area (Å²) < 4.78 is 42.3. The number of amides is 1. The molecule has 35 heavy (non-hydrogen) atoms. The van der Waals surface area contributed by atoms with Gasteiger partial charge in [0.25, 0.3) is 5.91 Å². The van der Waals surface area contributed by atoms with Crippen molar-refractivity contribution in [3.05, 3.63) is 94.9 Å². The van der Waals surface area contributed by atoms with Gasteiger partial charge in [-0.25, -0.2) is 17.5 Å². The number of hydrogen-bond donors (Lipinski definition) is 2. The van der Waals surface area contributed by atoms with Gasteiger partial charge in [-0.2, -0.15) is 0 Å². The van der Waals surface area contributed by atoms with Crippen LogP contribution < -0.4 is 10.5 Å². The molecule has 3 aromatic carbocycles. The van der Waals surface area contributed by atoms with Crippen molar-refractivity contribution in [2.75, 3.05) is 7.05 Å². The topological polar surface area (TPSA) is 94.2 Å². The van der Waals surface area contributed by atoms with E-state index in [4.69, 9.17) is 12.2 Å². The van der Waals surface area contributed by atoms with Gasteiger partial charge in [-0.15, -0.1) is 6.42 Å². The van der Waals surface area contributed by atoms with Gasteiger partial charge in [0.05, 0.1) is 10.4 Å². The maximum absolute atomic E-state index is 13.5. The van der Waals surface area contributed by atoms with Gasteiger partial charge < -0.3 is 10.3 Å². The molecule has 1 aromatic heterocycles. The lowest BCUT2D eigenvalue weighted by molar-refractivity contribution is 0.0994. The zero-order valence-corrected chi connectivity index (χ0v) is 20.3. The van der Waals surface area contributed by atoms with Gasteiger partial charge in [-0.3, -0.25) is 4.79 Å². The lowest BCUT2D eigenvalue weighted by atomic mass is 9.77. The minimum atomic E-state index is -3.73. The number of nitrogens with two attached hydrogens (primary N) is 1. The molecular weight excluding hydrogens is 465 g/mol. The molecule has 0 bridgehead atoms. The van der Waals surface area contributed by atoms with E-state index in [-0.39, 0.29) is 16.4 Å². The third kappa shape index (κ3) is 4.32. The first-order valence-corrected chi connectivity index (χ1v) is 12.2. The third-order valence-electron chi connectivity index (χ3n) is 6.24. The molecule has 0 atom stereocenters. The fraction of sp³-hybridized carbons (Fsp3) is 0.148. The number of carbonyl (C=O) groups is 1. The van der Waals surface area contributed by atoms with Crippen molar-refractivity contribution in [2.45, 2.75) is 24.2 Å². The van der Waals surface area contributed by atoms with Crippen molar-refractivity contribution in [3.8, 4) is 18.0 Å². The fourth-order valence-electron chi connectivity index (χ4n) is 4.14. The standard InChI is InChI=1S/C27H24FN3O3S/c1-5-17-12-20(27(2,3)19-7-9-21(28)10-8-19)15-22(13-17)31-24-16-23(35(33,34)30-4)11-6-18(24)14-25(31)26(29)32/h1,6-16,30H,2-4H3,(H2,29,32). The monoisotopic (exact) mass is 489 g/mol. The first-order valence-electron chi connectivity index (χ1n) is 10.8. The number of rotatable bonds is 6. The Balaban J connectivity index is 2.01. The van der Waals surface area contributed by atoms with E-state index in [1.54, 1.807) is 34.9 Å². The molecule has 0 aliphatic heterocycles. The van der Waals surface area contributed by atoms with E-state index in [1.807, 2.05) is 26.0 Å². The molecule has 8 heteroatoms. The molecule has 0 aliphatic carbocycles. The van der Waals surface area contributed by atoms with Gasteiger partial charge in [-0.1, -0.05) is 38.0 Å². The van der Waals surface area contributed by atoms with Crippen LogP contribution in [0.1, 0.15) is 41.0 Å². The highest BCUT2D eigenvalue weighted by Crippen LogP contribution is 2.35. The number of halogens is 1. The predicted molar refractivity (Wildman–Crippen MR) is 135 cm³/mol. The molecule has 3 N–H and O–H groups in total. The van der Waals surface area contributed by atoms with Crippen molar-refractivity contribution in [3.63, 3.8) is 0 Å². The minimum absolute atomic E-state index is 0.0443. The molecule has 178 valence electrons. The Morgan fingerprint density at radius 2 is 1.71 bits per heavy atom. The smallest absolute Gasteiger partial charge is 0.265 e. The largest absolute Gasteiger partial charge is 0.364 e. The highest BCUT2D eigenvalue weighted by Gasteiger charge is 2.26. The number of aromatic nitrogens is 1. The molecule has 0 unspecified atom stereocenters. The van der Waals surface area contributed by atoms with Gasteiger partial charge in [0.1, 0.15) is 11.5 Å². The van der Waals surface area contributed by atoms with Crippen LogP contribution in [-0.2, 0) is 15.4 Å². The van der Waals surface area contributed by atoms with Gasteiger partial charge in [-0.05, 0) is 66.7 Å². The Bertz CT molecular complexity index is 1610. The summed E-state index contributed by atoms with van der Waals surface area (Å²) in [6.45, 7) is 3.97. The van der Waals surface area contributed by atoms with E-state index in [1.165, 1.54) is 31.3 Å². The Kier molecular flexibility index (Phi) is 6.01. The predicted octanol–water partition coefficient (Wildman–Crippen LogP) is 4.08. The molecule has 6 nitrogen and oxygen atoms in total. The number of terminal acetylenes is 1. The molecule has 0 spiro atoms. The zero-order chi connectivity index (χ0) is 25.5. The number of benzene rings is 3. The van der Waals surface area contributed by atoms with E-state index in [0.717, 1.165) is 11.1 Å². The lowest BCUT2D eigenvalue weighted by Crippen LogP contribution is -2.21. The van der Waals surface area contributed by atoms with Crippen molar-refractivity contribution in [1.29, 1.82) is 0 Å². The number of sulfonamides is 1. The highest BCUT2D eigenvalue weighted by molar-refractivity contribution is 7.89. The van der Waals surface area contributed by atoms with Gasteiger partial charge >= 0.3 is 0 Å². The summed E-state index contributed by atoms with van der Waals surface area (Å²) in [5.41, 5.74) is 8.60. The molecule has 0 radical (unpaired) electrons. The Morgan fingerprint density at radius 1 is 1.03 bits per heavy atom. The molecule has 0 fully saturated rings. The molecule has 4 rings (SSSR count). The van der Waals surface area contributed by atoms with E-state index in [0.29, 0.717) is 22.2 Å². The Hall–Kier alpha value is -3.93. The highest BCUT2D eigenvalue weighted by atomic mass is 32.2. The summed E-state index contributed by atoms with van der Waals surface area (Å²) in [6, 6.07) is 17.9. The van der Waals surface area contributed by atoms with E-state index >= 15 is 0 Å². The second-order valence-electron chi connectivity index (χ2n) is 8.70. The van der Waals surface area contributed by atoms with Crippen LogP contribution in [0.15, 0.2) is 71.6 Å². The summed E-state index contributed by atoms with van der Waals surface area (Å²) >= 11 is 0. The maximum atomic E-state index is 13.5. The summed E-state index contributed by atoms with van der Waals surface area (Å²) in [5, 5.41) is 0.638. The molecule has 0 saturated heterocycles. The van der Waals surface area contributed by atoms with E-state index in [9.17, 15) is 17.6 Å². The molecule has 0 saturated carbocycles. The van der Waals surface area contributed by atoms with E-state index < -0.39 is 21.3 Å². The summed E-state index contributed by atoms with van der Waals surface area (Å²) in [6.07, 6.45) is 5.76. The zero-order valence-electron chi connectivity index (χ0n) is 19.5. The van der Waals surface area contributed by atoms with Crippen molar-refractivity contribution in [2.24, 2.45) is 5.73 Å². The third-order valence-corrected chi connectivity index (χ3v) is 7.65. The maximum Gasteiger partial charge on any atom is 0.265 e. The van der Waals surface area contributed by atoms with Gasteiger partial charge in [0, 0.05) is 22.1 Å². The molecular formula is C27H24FN3O3S. The molecule has 1 amide bonds. The quantitative estimate of drug-likeness (QED) is 0.400. The summed E-state index contributed by atoms with van der Waals surface area (Å²) in [5.74, 6) is 1.64. The van der Waals surface area contributed by atoms with Crippen LogP contribution in [0.3, 0.4) is 0 Å². The summed E-state index contributed by atoms with van der Waals surface area (Å²) in [7, 11) is -2.40. The Morgan fingerprint density at radius 3 is 2.31 bits per heavy atom. The number of fused-ring (bicyclic) bond motifs is 1. The van der Waals surface area contributed by atoms with Crippen LogP contribution in [0, 0.1) is 18.2 Å². The first kappa shape index (κ1) is 24.2. The van der Waals surface area contributed by atoms with Crippen molar-refractivity contribution >= 4 is 26.8 Å². The van der Waals surface area contributed by atoms with Crippen LogP contribution in [0.4, 0.5) is 4.39 Å². The number of primary amides is 1. The first-order chi connectivity index (χ1) is 16.5. The second-order valence-corrected chi connectivity index (χ2v) is 10.6. The normalized spacial score (nSPS) is 12.0. The lowest BCUT2D eigenvalue weighted by Gasteiger charge is -2.27. The van der Waals surface area contributed by atoms with Crippen LogP contribution in [-0.4, -0.2) is 25.9 Å². The van der Waals surface area contributed by atoms with Crippen LogP contribution in [0.5, 0.6) is 0 Å². The van der Waals surface area contributed by atoms with Gasteiger partial charge in [0.2, 0.25) is 10.0 Å².